The van der Waals surface area contributed by atoms with Crippen LogP contribution in [0.1, 0.15) is 24.8 Å². The summed E-state index contributed by atoms with van der Waals surface area (Å²) in [4.78, 5) is 22.8. The molecule has 5 heteroatoms. The summed E-state index contributed by atoms with van der Waals surface area (Å²) in [6.45, 7) is 0. The molecule has 1 aromatic carbocycles. The minimum atomic E-state index is -1.02. The summed E-state index contributed by atoms with van der Waals surface area (Å²) >= 11 is 0. The van der Waals surface area contributed by atoms with E-state index >= 15 is 0 Å². The van der Waals surface area contributed by atoms with Gasteiger partial charge >= 0.3 is 12.0 Å². The van der Waals surface area contributed by atoms with E-state index < -0.39 is 18.0 Å². The van der Waals surface area contributed by atoms with Crippen LogP contribution >= 0.6 is 0 Å². The molecule has 0 heterocycles. The Bertz CT molecular complexity index is 443. The molecule has 1 fully saturated rings. The van der Waals surface area contributed by atoms with E-state index in [1.54, 1.807) is 0 Å². The molecule has 0 aromatic heterocycles. The normalized spacial score (nSPS) is 16.2. The Labute approximate surface area is 112 Å². The molecular formula is C14H18N2O3. The summed E-state index contributed by atoms with van der Waals surface area (Å²) in [6.07, 6.45) is 3.36. The van der Waals surface area contributed by atoms with Crippen LogP contribution in [0.2, 0.25) is 0 Å². The summed E-state index contributed by atoms with van der Waals surface area (Å²) in [6, 6.07) is 8.17. The first kappa shape index (κ1) is 13.4. The molecular weight excluding hydrogens is 244 g/mol. The summed E-state index contributed by atoms with van der Waals surface area (Å²) in [5, 5.41) is 14.4. The Balaban J connectivity index is 1.88. The summed E-state index contributed by atoms with van der Waals surface area (Å²) in [5.41, 5.74) is 0.888. The van der Waals surface area contributed by atoms with Gasteiger partial charge in [0.2, 0.25) is 0 Å². The van der Waals surface area contributed by atoms with Gasteiger partial charge in [0.25, 0.3) is 0 Å². The van der Waals surface area contributed by atoms with Gasteiger partial charge in [0, 0.05) is 12.5 Å². The first-order valence-electron chi connectivity index (χ1n) is 6.49. The van der Waals surface area contributed by atoms with E-state index in [1.165, 1.54) is 0 Å². The Kier molecular flexibility index (Phi) is 4.39. The standard InChI is InChI=1S/C14H18N2O3/c17-13(18)12(9-10-5-2-1-3-6-10)16-14(19)15-11-7-4-8-11/h1-3,5-6,11-12H,4,7-9H2,(H,17,18)(H2,15,16,19). The van der Waals surface area contributed by atoms with Crippen molar-refractivity contribution >= 4 is 12.0 Å². The van der Waals surface area contributed by atoms with Gasteiger partial charge in [-0.25, -0.2) is 9.59 Å². The molecule has 0 saturated heterocycles. The maximum absolute atomic E-state index is 11.7. The van der Waals surface area contributed by atoms with Crippen molar-refractivity contribution < 1.29 is 14.7 Å². The molecule has 0 radical (unpaired) electrons. The van der Waals surface area contributed by atoms with Crippen molar-refractivity contribution in [3.8, 4) is 0 Å². The third kappa shape index (κ3) is 3.98. The first-order chi connectivity index (χ1) is 9.15. The molecule has 3 N–H and O–H groups in total. The van der Waals surface area contributed by atoms with Crippen LogP contribution in [-0.4, -0.2) is 29.2 Å². The van der Waals surface area contributed by atoms with E-state index in [0.29, 0.717) is 0 Å². The zero-order chi connectivity index (χ0) is 13.7. The molecule has 5 nitrogen and oxygen atoms in total. The predicted octanol–water partition coefficient (Wildman–Crippen LogP) is 1.53. The van der Waals surface area contributed by atoms with E-state index in [9.17, 15) is 9.59 Å². The summed E-state index contributed by atoms with van der Waals surface area (Å²) in [5.74, 6) is -1.02. The molecule has 1 aliphatic carbocycles. The minimum Gasteiger partial charge on any atom is -0.480 e. The number of carbonyl (C=O) groups excluding carboxylic acids is 1. The maximum atomic E-state index is 11.7. The lowest BCUT2D eigenvalue weighted by atomic mass is 9.93. The number of carbonyl (C=O) groups is 2. The van der Waals surface area contributed by atoms with Crippen LogP contribution in [0.3, 0.4) is 0 Å². The van der Waals surface area contributed by atoms with Crippen molar-refractivity contribution in [3.05, 3.63) is 35.9 Å². The smallest absolute Gasteiger partial charge is 0.326 e. The van der Waals surface area contributed by atoms with Crippen molar-refractivity contribution in [2.24, 2.45) is 0 Å². The van der Waals surface area contributed by atoms with Crippen molar-refractivity contribution in [2.45, 2.75) is 37.8 Å². The number of aliphatic carboxylic acids is 1. The van der Waals surface area contributed by atoms with E-state index in [1.807, 2.05) is 30.3 Å². The van der Waals surface area contributed by atoms with Gasteiger partial charge in [-0.2, -0.15) is 0 Å². The van der Waals surface area contributed by atoms with E-state index in [4.69, 9.17) is 5.11 Å². The monoisotopic (exact) mass is 262 g/mol. The third-order valence-corrected chi connectivity index (χ3v) is 3.33. The van der Waals surface area contributed by atoms with Crippen LogP contribution in [0.5, 0.6) is 0 Å². The zero-order valence-electron chi connectivity index (χ0n) is 10.6. The molecule has 0 aliphatic heterocycles. The van der Waals surface area contributed by atoms with Gasteiger partial charge in [0.05, 0.1) is 0 Å². The highest BCUT2D eigenvalue weighted by Gasteiger charge is 2.24. The van der Waals surface area contributed by atoms with Gasteiger partial charge in [-0.05, 0) is 24.8 Å². The second-order valence-corrected chi connectivity index (χ2v) is 4.83. The molecule has 1 atom stereocenters. The zero-order valence-corrected chi connectivity index (χ0v) is 10.6. The number of amides is 2. The van der Waals surface area contributed by atoms with Crippen LogP contribution < -0.4 is 10.6 Å². The molecule has 102 valence electrons. The van der Waals surface area contributed by atoms with Gasteiger partial charge in [0.15, 0.2) is 0 Å². The molecule has 1 aliphatic rings. The number of benzene rings is 1. The van der Waals surface area contributed by atoms with E-state index in [0.717, 1.165) is 24.8 Å². The van der Waals surface area contributed by atoms with Crippen LogP contribution in [0.4, 0.5) is 4.79 Å². The fourth-order valence-corrected chi connectivity index (χ4v) is 1.99. The second-order valence-electron chi connectivity index (χ2n) is 4.83. The number of hydrogen-bond acceptors (Lipinski definition) is 2. The molecule has 1 unspecified atom stereocenters. The number of nitrogens with one attached hydrogen (secondary N) is 2. The molecule has 1 saturated carbocycles. The number of carboxylic acid groups (broad SMARTS) is 1. The number of urea groups is 1. The lowest BCUT2D eigenvalue weighted by molar-refractivity contribution is -0.139. The fourth-order valence-electron chi connectivity index (χ4n) is 1.99. The largest absolute Gasteiger partial charge is 0.480 e. The highest BCUT2D eigenvalue weighted by molar-refractivity contribution is 5.82. The van der Waals surface area contributed by atoms with Gasteiger partial charge in [-0.15, -0.1) is 0 Å². The highest BCUT2D eigenvalue weighted by Crippen LogP contribution is 2.17. The molecule has 2 amide bonds. The van der Waals surface area contributed by atoms with Gasteiger partial charge in [-0.1, -0.05) is 30.3 Å². The average Bonchev–Trinajstić information content (AvgIpc) is 2.34. The quantitative estimate of drug-likeness (QED) is 0.753. The van der Waals surface area contributed by atoms with Crippen molar-refractivity contribution in [3.63, 3.8) is 0 Å². The fraction of sp³-hybridized carbons (Fsp3) is 0.429. The molecule has 2 rings (SSSR count). The van der Waals surface area contributed by atoms with Crippen LogP contribution in [-0.2, 0) is 11.2 Å². The average molecular weight is 262 g/mol. The molecule has 0 spiro atoms. The Hall–Kier alpha value is -2.04. The van der Waals surface area contributed by atoms with Gasteiger partial charge < -0.3 is 15.7 Å². The van der Waals surface area contributed by atoms with Crippen molar-refractivity contribution in [2.75, 3.05) is 0 Å². The SMILES string of the molecule is O=C(NC1CCC1)NC(Cc1ccccc1)C(=O)O. The van der Waals surface area contributed by atoms with Gasteiger partial charge in [0.1, 0.15) is 6.04 Å². The second kappa shape index (κ2) is 6.22. The summed E-state index contributed by atoms with van der Waals surface area (Å²) in [7, 11) is 0. The first-order valence-corrected chi connectivity index (χ1v) is 6.49. The van der Waals surface area contributed by atoms with Crippen molar-refractivity contribution in [1.82, 2.24) is 10.6 Å². The molecule has 0 bridgehead atoms. The Morgan fingerprint density at radius 1 is 1.26 bits per heavy atom. The Morgan fingerprint density at radius 2 is 1.95 bits per heavy atom. The van der Waals surface area contributed by atoms with Crippen molar-refractivity contribution in [1.29, 1.82) is 0 Å². The maximum Gasteiger partial charge on any atom is 0.326 e. The van der Waals surface area contributed by atoms with Crippen LogP contribution in [0, 0.1) is 0 Å². The van der Waals surface area contributed by atoms with Crippen LogP contribution in [0.25, 0.3) is 0 Å². The van der Waals surface area contributed by atoms with E-state index in [-0.39, 0.29) is 12.5 Å². The summed E-state index contributed by atoms with van der Waals surface area (Å²) < 4.78 is 0. The Morgan fingerprint density at radius 3 is 2.47 bits per heavy atom. The highest BCUT2D eigenvalue weighted by atomic mass is 16.4. The van der Waals surface area contributed by atoms with Gasteiger partial charge in [-0.3, -0.25) is 0 Å². The third-order valence-electron chi connectivity index (χ3n) is 3.33. The predicted molar refractivity (Wildman–Crippen MR) is 70.9 cm³/mol. The minimum absolute atomic E-state index is 0.200. The lowest BCUT2D eigenvalue weighted by Gasteiger charge is -2.27. The number of rotatable bonds is 5. The van der Waals surface area contributed by atoms with E-state index in [2.05, 4.69) is 10.6 Å². The molecule has 19 heavy (non-hydrogen) atoms. The lowest BCUT2D eigenvalue weighted by Crippen LogP contribution is -2.51. The van der Waals surface area contributed by atoms with Crippen LogP contribution in [0.15, 0.2) is 30.3 Å². The molecule has 1 aromatic rings. The topological polar surface area (TPSA) is 78.4 Å². The number of carboxylic acids is 1. The number of hydrogen-bond donors (Lipinski definition) is 3.